The number of piperidine rings is 2. The second kappa shape index (κ2) is 5.37. The summed E-state index contributed by atoms with van der Waals surface area (Å²) in [4.78, 5) is 5.64. The van der Waals surface area contributed by atoms with Crippen molar-refractivity contribution in [2.45, 2.75) is 69.9 Å². The molecule has 4 rings (SSSR count). The van der Waals surface area contributed by atoms with E-state index < -0.39 is 0 Å². The molecule has 4 fully saturated rings. The average molecular weight is 262 g/mol. The van der Waals surface area contributed by atoms with Crippen molar-refractivity contribution in [2.24, 2.45) is 11.8 Å². The van der Waals surface area contributed by atoms with Crippen LogP contribution in [0.5, 0.6) is 0 Å². The fourth-order valence-electron chi connectivity index (χ4n) is 5.64. The molecule has 0 N–H and O–H groups in total. The van der Waals surface area contributed by atoms with Gasteiger partial charge in [-0.15, -0.1) is 0 Å². The molecule has 4 unspecified atom stereocenters. The minimum atomic E-state index is 0.978. The smallest absolute Gasteiger partial charge is 0.0124 e. The van der Waals surface area contributed by atoms with Gasteiger partial charge in [0.05, 0.1) is 0 Å². The van der Waals surface area contributed by atoms with E-state index in [2.05, 4.69) is 9.80 Å². The predicted molar refractivity (Wildman–Crippen MR) is 79.3 cm³/mol. The molecule has 0 saturated carbocycles. The summed E-state index contributed by atoms with van der Waals surface area (Å²) < 4.78 is 0. The Morgan fingerprint density at radius 3 is 1.63 bits per heavy atom. The zero-order valence-electron chi connectivity index (χ0n) is 12.4. The van der Waals surface area contributed by atoms with Gasteiger partial charge in [0, 0.05) is 12.1 Å². The van der Waals surface area contributed by atoms with Crippen LogP contribution in [0.4, 0.5) is 0 Å². The van der Waals surface area contributed by atoms with Crippen LogP contribution in [0.2, 0.25) is 0 Å². The van der Waals surface area contributed by atoms with Crippen LogP contribution in [0.25, 0.3) is 0 Å². The third-order valence-electron chi connectivity index (χ3n) is 6.60. The maximum Gasteiger partial charge on any atom is 0.0124 e. The summed E-state index contributed by atoms with van der Waals surface area (Å²) in [5.74, 6) is 2.10. The minimum Gasteiger partial charge on any atom is -0.300 e. The molecular weight excluding hydrogens is 232 g/mol. The van der Waals surface area contributed by atoms with E-state index in [1.807, 2.05) is 0 Å². The Morgan fingerprint density at radius 2 is 1.11 bits per heavy atom. The number of hydrogen-bond donors (Lipinski definition) is 0. The third-order valence-corrected chi connectivity index (χ3v) is 6.60. The largest absolute Gasteiger partial charge is 0.300 e. The molecule has 0 bridgehead atoms. The van der Waals surface area contributed by atoms with Crippen LogP contribution in [0, 0.1) is 11.8 Å². The van der Waals surface area contributed by atoms with Gasteiger partial charge in [-0.3, -0.25) is 0 Å². The van der Waals surface area contributed by atoms with Crippen LogP contribution in [-0.2, 0) is 0 Å². The van der Waals surface area contributed by atoms with Crippen molar-refractivity contribution in [1.29, 1.82) is 0 Å². The van der Waals surface area contributed by atoms with Crippen LogP contribution in [0.3, 0.4) is 0 Å². The number of rotatable bonds is 2. The first kappa shape index (κ1) is 12.6. The molecule has 2 heteroatoms. The van der Waals surface area contributed by atoms with Crippen LogP contribution >= 0.6 is 0 Å². The van der Waals surface area contributed by atoms with Gasteiger partial charge in [0.1, 0.15) is 0 Å². The van der Waals surface area contributed by atoms with Crippen molar-refractivity contribution in [3.8, 4) is 0 Å². The first-order chi connectivity index (χ1) is 9.42. The Labute approximate surface area is 118 Å². The molecule has 4 aliphatic rings. The molecule has 0 aromatic rings. The molecule has 19 heavy (non-hydrogen) atoms. The summed E-state index contributed by atoms with van der Waals surface area (Å²) in [6.07, 6.45) is 13.5. The van der Waals surface area contributed by atoms with E-state index in [0.29, 0.717) is 0 Å². The molecule has 0 aliphatic carbocycles. The van der Waals surface area contributed by atoms with E-state index in [1.54, 1.807) is 6.42 Å². The van der Waals surface area contributed by atoms with E-state index in [0.717, 1.165) is 23.9 Å². The van der Waals surface area contributed by atoms with Gasteiger partial charge in [0.25, 0.3) is 0 Å². The number of fused-ring (bicyclic) bond motifs is 2. The zero-order chi connectivity index (χ0) is 12.7. The Hall–Kier alpha value is -0.0800. The number of hydrogen-bond acceptors (Lipinski definition) is 2. The molecule has 4 saturated heterocycles. The van der Waals surface area contributed by atoms with Gasteiger partial charge < -0.3 is 9.80 Å². The van der Waals surface area contributed by atoms with E-state index >= 15 is 0 Å². The van der Waals surface area contributed by atoms with Gasteiger partial charge >= 0.3 is 0 Å². The summed E-state index contributed by atoms with van der Waals surface area (Å²) in [5.41, 5.74) is 0. The van der Waals surface area contributed by atoms with Crippen molar-refractivity contribution >= 4 is 0 Å². The summed E-state index contributed by atoms with van der Waals surface area (Å²) in [7, 11) is 0. The average Bonchev–Trinajstić information content (AvgIpc) is 3.05. The molecule has 108 valence electrons. The summed E-state index contributed by atoms with van der Waals surface area (Å²) in [5, 5.41) is 0. The summed E-state index contributed by atoms with van der Waals surface area (Å²) in [6.45, 7) is 5.63. The minimum absolute atomic E-state index is 0.978. The molecule has 0 aromatic heterocycles. The lowest BCUT2D eigenvalue weighted by atomic mass is 9.81. The van der Waals surface area contributed by atoms with Crippen molar-refractivity contribution in [1.82, 2.24) is 9.80 Å². The fraction of sp³-hybridized carbons (Fsp3) is 1.00. The van der Waals surface area contributed by atoms with Crippen molar-refractivity contribution in [2.75, 3.05) is 26.2 Å². The van der Waals surface area contributed by atoms with Crippen LogP contribution in [-0.4, -0.2) is 48.1 Å². The van der Waals surface area contributed by atoms with Gasteiger partial charge in [0.2, 0.25) is 0 Å². The molecule has 4 atom stereocenters. The van der Waals surface area contributed by atoms with Crippen molar-refractivity contribution in [3.05, 3.63) is 0 Å². The topological polar surface area (TPSA) is 6.48 Å². The maximum absolute atomic E-state index is 2.82. The van der Waals surface area contributed by atoms with Crippen LogP contribution in [0.15, 0.2) is 0 Å². The van der Waals surface area contributed by atoms with Gasteiger partial charge in [-0.05, 0) is 83.0 Å². The monoisotopic (exact) mass is 262 g/mol. The Balaban J connectivity index is 1.38. The molecule has 0 spiro atoms. The van der Waals surface area contributed by atoms with Crippen molar-refractivity contribution in [3.63, 3.8) is 0 Å². The summed E-state index contributed by atoms with van der Waals surface area (Å²) >= 11 is 0. The fourth-order valence-corrected chi connectivity index (χ4v) is 5.64. The van der Waals surface area contributed by atoms with E-state index in [9.17, 15) is 0 Å². The van der Waals surface area contributed by atoms with Crippen LogP contribution < -0.4 is 0 Å². The van der Waals surface area contributed by atoms with E-state index in [4.69, 9.17) is 0 Å². The van der Waals surface area contributed by atoms with Crippen molar-refractivity contribution < 1.29 is 0 Å². The van der Waals surface area contributed by atoms with E-state index in [-0.39, 0.29) is 0 Å². The number of nitrogens with zero attached hydrogens (tertiary/aromatic N) is 2. The molecule has 4 heterocycles. The van der Waals surface area contributed by atoms with Gasteiger partial charge in [-0.1, -0.05) is 12.8 Å². The lowest BCUT2D eigenvalue weighted by Crippen LogP contribution is -2.40. The summed E-state index contributed by atoms with van der Waals surface area (Å²) in [6, 6.07) is 1.96. The Kier molecular flexibility index (Phi) is 3.57. The van der Waals surface area contributed by atoms with Crippen LogP contribution in [0.1, 0.15) is 57.8 Å². The zero-order valence-corrected chi connectivity index (χ0v) is 12.4. The molecular formula is C17H30N2. The molecule has 2 nitrogen and oxygen atoms in total. The third kappa shape index (κ3) is 2.35. The lowest BCUT2D eigenvalue weighted by Gasteiger charge is -2.36. The highest BCUT2D eigenvalue weighted by Gasteiger charge is 2.41. The molecule has 0 radical (unpaired) electrons. The van der Waals surface area contributed by atoms with Gasteiger partial charge in [0.15, 0.2) is 0 Å². The molecule has 4 aliphatic heterocycles. The highest BCUT2D eigenvalue weighted by Crippen LogP contribution is 2.41. The Morgan fingerprint density at radius 1 is 0.579 bits per heavy atom. The van der Waals surface area contributed by atoms with Gasteiger partial charge in [-0.2, -0.15) is 0 Å². The predicted octanol–water partition coefficient (Wildman–Crippen LogP) is 3.13. The molecule has 0 aromatic carbocycles. The van der Waals surface area contributed by atoms with E-state index in [1.165, 1.54) is 77.5 Å². The normalized spacial score (nSPS) is 44.2. The Bertz CT molecular complexity index is 286. The maximum atomic E-state index is 2.82. The SMILES string of the molecule is C1CCN2CCC(CC3CCN4CCCCC34)C2C1. The first-order valence-corrected chi connectivity index (χ1v) is 8.90. The standard InChI is InChI=1S/C17H30N2/c1-3-9-18-11-7-14(16(18)5-1)13-15-8-12-19-10-4-2-6-17(15)19/h14-17H,1-13H2. The molecule has 0 amide bonds. The lowest BCUT2D eigenvalue weighted by molar-refractivity contribution is 0.136. The van der Waals surface area contributed by atoms with Gasteiger partial charge in [-0.25, -0.2) is 0 Å². The first-order valence-electron chi connectivity index (χ1n) is 8.90. The second-order valence-electron chi connectivity index (χ2n) is 7.53. The second-order valence-corrected chi connectivity index (χ2v) is 7.53. The highest BCUT2D eigenvalue weighted by molar-refractivity contribution is 4.95. The quantitative estimate of drug-likeness (QED) is 0.754. The highest BCUT2D eigenvalue weighted by atomic mass is 15.2.